The number of rotatable bonds is 9. The molecule has 0 aliphatic carbocycles. The van der Waals surface area contributed by atoms with Crippen molar-refractivity contribution < 1.29 is 19.1 Å². The van der Waals surface area contributed by atoms with Crippen LogP contribution in [-0.2, 0) is 22.6 Å². The summed E-state index contributed by atoms with van der Waals surface area (Å²) in [6.07, 6.45) is 0. The lowest BCUT2D eigenvalue weighted by Crippen LogP contribution is -2.34. The van der Waals surface area contributed by atoms with E-state index >= 15 is 0 Å². The first-order valence-electron chi connectivity index (χ1n) is 10.8. The fourth-order valence-electron chi connectivity index (χ4n) is 3.54. The van der Waals surface area contributed by atoms with E-state index in [-0.39, 0.29) is 12.5 Å². The quantitative estimate of drug-likeness (QED) is 0.428. The van der Waals surface area contributed by atoms with E-state index in [2.05, 4.69) is 4.98 Å². The highest BCUT2D eigenvalue weighted by Gasteiger charge is 2.23. The Hall–Kier alpha value is -3.25. The van der Waals surface area contributed by atoms with E-state index in [9.17, 15) is 9.59 Å². The highest BCUT2D eigenvalue weighted by molar-refractivity contribution is 6.30. The first-order chi connectivity index (χ1) is 15.8. The number of aromatic amines is 1. The molecule has 0 spiro atoms. The molecule has 3 aromatic rings. The monoisotopic (exact) mass is 468 g/mol. The van der Waals surface area contributed by atoms with Crippen molar-refractivity contribution in [2.24, 2.45) is 0 Å². The number of hydrogen-bond acceptors (Lipinski definition) is 4. The molecule has 0 aliphatic heterocycles. The molecule has 0 aliphatic rings. The highest BCUT2D eigenvalue weighted by atomic mass is 35.5. The summed E-state index contributed by atoms with van der Waals surface area (Å²) in [4.78, 5) is 30.3. The minimum absolute atomic E-state index is 0.110. The molecule has 1 heterocycles. The van der Waals surface area contributed by atoms with Gasteiger partial charge in [0.2, 0.25) is 0 Å². The minimum Gasteiger partial charge on any atom is -0.484 e. The molecule has 0 atom stereocenters. The summed E-state index contributed by atoms with van der Waals surface area (Å²) >= 11 is 5.92. The molecule has 1 aromatic heterocycles. The van der Waals surface area contributed by atoms with E-state index in [4.69, 9.17) is 21.1 Å². The van der Waals surface area contributed by atoms with Crippen molar-refractivity contribution in [1.82, 2.24) is 9.88 Å². The Balaban J connectivity index is 1.82. The van der Waals surface area contributed by atoms with Crippen LogP contribution in [0.4, 0.5) is 0 Å². The molecule has 0 saturated heterocycles. The molecule has 2 aromatic carbocycles. The van der Waals surface area contributed by atoms with Gasteiger partial charge in [0, 0.05) is 23.8 Å². The second-order valence-corrected chi connectivity index (χ2v) is 8.36. The number of H-pyrrole nitrogens is 1. The largest absolute Gasteiger partial charge is 0.484 e. The van der Waals surface area contributed by atoms with Crippen LogP contribution in [-0.4, -0.2) is 35.0 Å². The predicted octanol–water partition coefficient (Wildman–Crippen LogP) is 5.38. The van der Waals surface area contributed by atoms with E-state index in [1.165, 1.54) is 0 Å². The van der Waals surface area contributed by atoms with Gasteiger partial charge >= 0.3 is 5.97 Å². The average Bonchev–Trinajstić information content (AvgIpc) is 3.08. The second kappa shape index (κ2) is 11.1. The third-order valence-electron chi connectivity index (χ3n) is 5.44. The van der Waals surface area contributed by atoms with E-state index in [0.29, 0.717) is 36.2 Å². The van der Waals surface area contributed by atoms with Crippen molar-refractivity contribution >= 4 is 23.5 Å². The Bertz CT molecular complexity index is 1100. The van der Waals surface area contributed by atoms with Crippen LogP contribution in [0.2, 0.25) is 5.02 Å². The number of nitrogens with one attached hydrogen (secondary N) is 1. The predicted molar refractivity (Wildman–Crippen MR) is 129 cm³/mol. The van der Waals surface area contributed by atoms with Gasteiger partial charge < -0.3 is 19.4 Å². The molecule has 3 rings (SSSR count). The van der Waals surface area contributed by atoms with Gasteiger partial charge in [-0.25, -0.2) is 4.79 Å². The number of carbonyl (C=O) groups excluding carboxylic acids is 2. The molecule has 0 bridgehead atoms. The molecule has 1 amide bonds. The van der Waals surface area contributed by atoms with Crippen molar-refractivity contribution in [2.75, 3.05) is 13.2 Å². The zero-order valence-corrected chi connectivity index (χ0v) is 20.2. The fraction of sp³-hybridized carbons (Fsp3) is 0.308. The van der Waals surface area contributed by atoms with Crippen molar-refractivity contribution in [3.63, 3.8) is 0 Å². The van der Waals surface area contributed by atoms with Crippen molar-refractivity contribution in [3.8, 4) is 5.75 Å². The summed E-state index contributed by atoms with van der Waals surface area (Å²) in [5.74, 6) is 0.0108. The summed E-state index contributed by atoms with van der Waals surface area (Å²) in [5.41, 5.74) is 5.09. The molecular formula is C26H29ClN2O4. The van der Waals surface area contributed by atoms with Crippen LogP contribution < -0.4 is 4.74 Å². The van der Waals surface area contributed by atoms with E-state index in [0.717, 1.165) is 27.9 Å². The molecule has 6 nitrogen and oxygen atoms in total. The maximum atomic E-state index is 13.2. The van der Waals surface area contributed by atoms with Crippen LogP contribution in [0.3, 0.4) is 0 Å². The maximum absolute atomic E-state index is 13.2. The summed E-state index contributed by atoms with van der Waals surface area (Å²) < 4.78 is 10.9. The van der Waals surface area contributed by atoms with Gasteiger partial charge in [-0.2, -0.15) is 0 Å². The Morgan fingerprint density at radius 2 is 1.64 bits per heavy atom. The smallest absolute Gasteiger partial charge is 0.355 e. The average molecular weight is 469 g/mol. The van der Waals surface area contributed by atoms with Crippen LogP contribution in [0.15, 0.2) is 48.5 Å². The number of halogens is 1. The third kappa shape index (κ3) is 6.39. The molecule has 1 N–H and O–H groups in total. The lowest BCUT2D eigenvalue weighted by atomic mass is 10.1. The van der Waals surface area contributed by atoms with Gasteiger partial charge in [0.1, 0.15) is 11.4 Å². The standard InChI is InChI=1S/C26H29ClN2O4/c1-5-32-26(31)25-18(3)23(19(4)28-25)15-29(14-20-8-6-17(2)7-9-20)24(30)16-33-22-12-10-21(27)11-13-22/h6-13,28H,5,14-16H2,1-4H3. The number of nitrogens with zero attached hydrogens (tertiary/aromatic N) is 1. The molecule has 174 valence electrons. The number of benzene rings is 2. The van der Waals surface area contributed by atoms with Crippen molar-refractivity contribution in [3.05, 3.63) is 87.2 Å². The number of ether oxygens (including phenoxy) is 2. The van der Waals surface area contributed by atoms with Gasteiger partial charge in [-0.1, -0.05) is 41.4 Å². The Morgan fingerprint density at radius 3 is 2.27 bits per heavy atom. The molecule has 0 fully saturated rings. The number of aryl methyl sites for hydroxylation is 2. The van der Waals surface area contributed by atoms with Gasteiger partial charge in [0.15, 0.2) is 6.61 Å². The highest BCUT2D eigenvalue weighted by Crippen LogP contribution is 2.22. The first-order valence-corrected chi connectivity index (χ1v) is 11.2. The lowest BCUT2D eigenvalue weighted by molar-refractivity contribution is -0.134. The SMILES string of the molecule is CCOC(=O)c1[nH]c(C)c(CN(Cc2ccc(C)cc2)C(=O)COc2ccc(Cl)cc2)c1C. The van der Waals surface area contributed by atoms with Gasteiger partial charge in [0.25, 0.3) is 5.91 Å². The lowest BCUT2D eigenvalue weighted by Gasteiger charge is -2.24. The van der Waals surface area contributed by atoms with Crippen LogP contribution in [0.5, 0.6) is 5.75 Å². The number of amides is 1. The van der Waals surface area contributed by atoms with Crippen LogP contribution in [0.1, 0.15) is 45.4 Å². The molecule has 0 radical (unpaired) electrons. The van der Waals surface area contributed by atoms with E-state index in [1.807, 2.05) is 45.0 Å². The Labute approximate surface area is 199 Å². The summed E-state index contributed by atoms with van der Waals surface area (Å²) in [5, 5.41) is 0.602. The number of hydrogen-bond donors (Lipinski definition) is 1. The molecule has 0 saturated carbocycles. The van der Waals surface area contributed by atoms with Gasteiger partial charge in [-0.15, -0.1) is 0 Å². The van der Waals surface area contributed by atoms with E-state index in [1.54, 1.807) is 36.1 Å². The summed E-state index contributed by atoms with van der Waals surface area (Å²) in [6, 6.07) is 15.0. The fourth-order valence-corrected chi connectivity index (χ4v) is 3.66. The summed E-state index contributed by atoms with van der Waals surface area (Å²) in [7, 11) is 0. The molecular weight excluding hydrogens is 440 g/mol. The zero-order chi connectivity index (χ0) is 24.0. The normalized spacial score (nSPS) is 10.7. The number of aromatic nitrogens is 1. The number of carbonyl (C=O) groups is 2. The van der Waals surface area contributed by atoms with Gasteiger partial charge in [-0.05, 0) is 68.7 Å². The Morgan fingerprint density at radius 1 is 0.970 bits per heavy atom. The van der Waals surface area contributed by atoms with Crippen molar-refractivity contribution in [2.45, 2.75) is 40.8 Å². The van der Waals surface area contributed by atoms with Gasteiger partial charge in [0.05, 0.1) is 6.61 Å². The third-order valence-corrected chi connectivity index (χ3v) is 5.70. The zero-order valence-electron chi connectivity index (χ0n) is 19.4. The number of esters is 1. The van der Waals surface area contributed by atoms with Crippen LogP contribution in [0, 0.1) is 20.8 Å². The second-order valence-electron chi connectivity index (χ2n) is 7.93. The van der Waals surface area contributed by atoms with Crippen LogP contribution in [0.25, 0.3) is 0 Å². The maximum Gasteiger partial charge on any atom is 0.355 e. The van der Waals surface area contributed by atoms with E-state index < -0.39 is 5.97 Å². The Kier molecular flexibility index (Phi) is 8.17. The minimum atomic E-state index is -0.396. The summed E-state index contributed by atoms with van der Waals surface area (Å²) in [6.45, 7) is 8.50. The molecule has 0 unspecified atom stereocenters. The molecule has 33 heavy (non-hydrogen) atoms. The first kappa shape index (κ1) is 24.4. The van der Waals surface area contributed by atoms with Crippen LogP contribution >= 0.6 is 11.6 Å². The molecule has 7 heteroatoms. The van der Waals surface area contributed by atoms with Crippen molar-refractivity contribution in [1.29, 1.82) is 0 Å². The topological polar surface area (TPSA) is 71.6 Å². The van der Waals surface area contributed by atoms with Gasteiger partial charge in [-0.3, -0.25) is 4.79 Å².